The molecule has 2 saturated carbocycles. The highest BCUT2D eigenvalue weighted by atomic mass is 19.1. The molecule has 0 radical (unpaired) electrons. The van der Waals surface area contributed by atoms with E-state index in [0.29, 0.717) is 6.17 Å². The Balaban J connectivity index is 1.36. The lowest BCUT2D eigenvalue weighted by Gasteiger charge is -2.41. The Hall–Kier alpha value is -0.150. The van der Waals surface area contributed by atoms with Crippen LogP contribution in [0.3, 0.4) is 0 Å². The summed E-state index contributed by atoms with van der Waals surface area (Å²) in [5, 5.41) is 7.57. The molecule has 0 spiro atoms. The van der Waals surface area contributed by atoms with Crippen LogP contribution in [0.15, 0.2) is 0 Å². The van der Waals surface area contributed by atoms with Crippen LogP contribution in [0.25, 0.3) is 0 Å². The number of rotatable bonds is 5. The maximum Gasteiger partial charge on any atom is 0.100 e. The van der Waals surface area contributed by atoms with E-state index in [-0.39, 0.29) is 0 Å². The van der Waals surface area contributed by atoms with E-state index in [9.17, 15) is 4.39 Å². The SMILES string of the molecule is CCCCC1CNC(C2CCC(C3CCC(F)CC3)CC2)NC1. The second-order valence-electron chi connectivity index (χ2n) is 8.49. The Morgan fingerprint density at radius 3 is 1.87 bits per heavy atom. The fourth-order valence-corrected chi connectivity index (χ4v) is 5.26. The van der Waals surface area contributed by atoms with Gasteiger partial charge in [0.15, 0.2) is 0 Å². The average molecular weight is 325 g/mol. The summed E-state index contributed by atoms with van der Waals surface area (Å²) in [7, 11) is 0. The largest absolute Gasteiger partial charge is 0.301 e. The Kier molecular flexibility index (Phi) is 6.76. The van der Waals surface area contributed by atoms with Crippen LogP contribution in [0.5, 0.6) is 0 Å². The predicted octanol–water partition coefficient (Wildman–Crippen LogP) is 4.65. The van der Waals surface area contributed by atoms with Crippen molar-refractivity contribution in [1.82, 2.24) is 10.6 Å². The number of nitrogens with one attached hydrogen (secondary N) is 2. The van der Waals surface area contributed by atoms with Crippen molar-refractivity contribution in [1.29, 1.82) is 0 Å². The smallest absolute Gasteiger partial charge is 0.100 e. The standard InChI is InChI=1S/C20H37FN2/c1-2-3-4-15-13-22-20(23-14-15)18-7-5-16(6-8-18)17-9-11-19(21)12-10-17/h15-20,22-23H,2-14H2,1H3. The van der Waals surface area contributed by atoms with E-state index in [1.165, 1.54) is 58.0 Å². The molecule has 0 bridgehead atoms. The minimum absolute atomic E-state index is 0.501. The molecule has 0 aromatic carbocycles. The summed E-state index contributed by atoms with van der Waals surface area (Å²) < 4.78 is 13.3. The molecule has 0 aromatic heterocycles. The van der Waals surface area contributed by atoms with Crippen LogP contribution in [0.1, 0.15) is 77.6 Å². The molecule has 1 saturated heterocycles. The molecule has 0 aromatic rings. The second-order valence-corrected chi connectivity index (χ2v) is 8.49. The number of hydrogen-bond donors (Lipinski definition) is 2. The molecule has 0 unspecified atom stereocenters. The molecule has 1 heterocycles. The zero-order valence-corrected chi connectivity index (χ0v) is 15.0. The van der Waals surface area contributed by atoms with Crippen molar-refractivity contribution in [3.63, 3.8) is 0 Å². The van der Waals surface area contributed by atoms with Crippen molar-refractivity contribution in [2.24, 2.45) is 23.7 Å². The minimum atomic E-state index is -0.501. The Morgan fingerprint density at radius 2 is 1.30 bits per heavy atom. The van der Waals surface area contributed by atoms with Gasteiger partial charge in [-0.3, -0.25) is 0 Å². The average Bonchev–Trinajstić information content (AvgIpc) is 2.61. The van der Waals surface area contributed by atoms with Gasteiger partial charge in [-0.15, -0.1) is 0 Å². The first kappa shape index (κ1) is 17.7. The first-order valence-electron chi connectivity index (χ1n) is 10.4. The van der Waals surface area contributed by atoms with Gasteiger partial charge in [0.25, 0.3) is 0 Å². The topological polar surface area (TPSA) is 24.1 Å². The van der Waals surface area contributed by atoms with Gasteiger partial charge in [0.1, 0.15) is 6.17 Å². The van der Waals surface area contributed by atoms with Crippen LogP contribution in [0.2, 0.25) is 0 Å². The van der Waals surface area contributed by atoms with Crippen LogP contribution >= 0.6 is 0 Å². The third-order valence-corrected chi connectivity index (χ3v) is 6.87. The highest BCUT2D eigenvalue weighted by Gasteiger charge is 2.34. The number of alkyl halides is 1. The van der Waals surface area contributed by atoms with Gasteiger partial charge in [-0.05, 0) is 81.5 Å². The van der Waals surface area contributed by atoms with E-state index in [0.717, 1.165) is 49.4 Å². The molecule has 3 rings (SSSR count). The van der Waals surface area contributed by atoms with Crippen molar-refractivity contribution >= 4 is 0 Å². The van der Waals surface area contributed by atoms with Crippen LogP contribution in [-0.4, -0.2) is 25.4 Å². The normalized spacial score (nSPS) is 42.5. The lowest BCUT2D eigenvalue weighted by molar-refractivity contribution is 0.105. The predicted molar refractivity (Wildman–Crippen MR) is 95.1 cm³/mol. The molecule has 134 valence electrons. The maximum absolute atomic E-state index is 13.3. The first-order chi connectivity index (χ1) is 11.3. The van der Waals surface area contributed by atoms with Gasteiger partial charge in [-0.2, -0.15) is 0 Å². The highest BCUT2D eigenvalue weighted by Crippen LogP contribution is 2.41. The van der Waals surface area contributed by atoms with Crippen LogP contribution < -0.4 is 10.6 Å². The molecule has 1 aliphatic heterocycles. The maximum atomic E-state index is 13.3. The summed E-state index contributed by atoms with van der Waals surface area (Å²) in [6.45, 7) is 4.70. The molecule has 0 amide bonds. The lowest BCUT2D eigenvalue weighted by Crippen LogP contribution is -2.56. The lowest BCUT2D eigenvalue weighted by atomic mass is 9.70. The summed E-state index contributed by atoms with van der Waals surface area (Å²) in [6.07, 6.45) is 13.5. The van der Waals surface area contributed by atoms with E-state index in [2.05, 4.69) is 17.6 Å². The zero-order chi connectivity index (χ0) is 16.1. The van der Waals surface area contributed by atoms with Crippen LogP contribution in [-0.2, 0) is 0 Å². The third kappa shape index (κ3) is 4.92. The van der Waals surface area contributed by atoms with E-state index >= 15 is 0 Å². The van der Waals surface area contributed by atoms with Crippen LogP contribution in [0, 0.1) is 23.7 Å². The van der Waals surface area contributed by atoms with Gasteiger partial charge in [-0.1, -0.05) is 19.8 Å². The van der Waals surface area contributed by atoms with Crippen molar-refractivity contribution in [2.45, 2.75) is 89.9 Å². The molecule has 2 aliphatic carbocycles. The van der Waals surface area contributed by atoms with E-state index in [1.807, 2.05) is 0 Å². The minimum Gasteiger partial charge on any atom is -0.301 e. The van der Waals surface area contributed by atoms with Gasteiger partial charge >= 0.3 is 0 Å². The first-order valence-corrected chi connectivity index (χ1v) is 10.4. The molecule has 3 fully saturated rings. The molecule has 3 heteroatoms. The van der Waals surface area contributed by atoms with Gasteiger partial charge in [0, 0.05) is 13.1 Å². The van der Waals surface area contributed by atoms with Crippen LogP contribution in [0.4, 0.5) is 4.39 Å². The van der Waals surface area contributed by atoms with Gasteiger partial charge in [-0.25, -0.2) is 4.39 Å². The van der Waals surface area contributed by atoms with Gasteiger partial charge in [0.2, 0.25) is 0 Å². The summed E-state index contributed by atoms with van der Waals surface area (Å²) in [5.41, 5.74) is 0. The number of unbranched alkanes of at least 4 members (excludes halogenated alkanes) is 1. The Morgan fingerprint density at radius 1 is 0.783 bits per heavy atom. The fourth-order valence-electron chi connectivity index (χ4n) is 5.26. The van der Waals surface area contributed by atoms with E-state index < -0.39 is 6.17 Å². The van der Waals surface area contributed by atoms with E-state index in [4.69, 9.17) is 0 Å². The van der Waals surface area contributed by atoms with Gasteiger partial charge in [0.05, 0.1) is 6.17 Å². The molecular formula is C20H37FN2. The molecule has 2 nitrogen and oxygen atoms in total. The monoisotopic (exact) mass is 324 g/mol. The molecule has 2 N–H and O–H groups in total. The summed E-state index contributed by atoms with van der Waals surface area (Å²) in [4.78, 5) is 0. The Bertz CT molecular complexity index is 325. The molecule has 23 heavy (non-hydrogen) atoms. The van der Waals surface area contributed by atoms with Gasteiger partial charge < -0.3 is 10.6 Å². The fraction of sp³-hybridized carbons (Fsp3) is 1.00. The summed E-state index contributed by atoms with van der Waals surface area (Å²) in [6, 6.07) is 0. The Labute approximate surface area is 142 Å². The molecular weight excluding hydrogens is 287 g/mol. The number of hydrogen-bond acceptors (Lipinski definition) is 2. The van der Waals surface area contributed by atoms with Crippen molar-refractivity contribution in [2.75, 3.05) is 13.1 Å². The van der Waals surface area contributed by atoms with E-state index in [1.54, 1.807) is 0 Å². The second kappa shape index (κ2) is 8.80. The summed E-state index contributed by atoms with van der Waals surface area (Å²) >= 11 is 0. The quantitative estimate of drug-likeness (QED) is 0.769. The highest BCUT2D eigenvalue weighted by molar-refractivity contribution is 4.88. The summed E-state index contributed by atoms with van der Waals surface area (Å²) in [5.74, 6) is 3.36. The molecule has 3 aliphatic rings. The number of halogens is 1. The van der Waals surface area contributed by atoms with Crippen molar-refractivity contribution < 1.29 is 4.39 Å². The molecule has 0 atom stereocenters. The third-order valence-electron chi connectivity index (χ3n) is 6.87. The van der Waals surface area contributed by atoms with Crippen molar-refractivity contribution in [3.05, 3.63) is 0 Å². The van der Waals surface area contributed by atoms with Crippen molar-refractivity contribution in [3.8, 4) is 0 Å². The zero-order valence-electron chi connectivity index (χ0n) is 15.0.